The maximum absolute atomic E-state index is 13.1. The quantitative estimate of drug-likeness (QED) is 0.415. The van der Waals surface area contributed by atoms with Crippen LogP contribution in [0.5, 0.6) is 0 Å². The number of carbonyl (C=O) groups excluding carboxylic acids is 1. The average Bonchev–Trinajstić information content (AvgIpc) is 3.53. The Morgan fingerprint density at radius 3 is 1.66 bits per heavy atom. The van der Waals surface area contributed by atoms with Crippen molar-refractivity contribution in [3.8, 4) is 11.4 Å². The summed E-state index contributed by atoms with van der Waals surface area (Å²) in [7, 11) is 0. The predicted molar refractivity (Wildman–Crippen MR) is 116 cm³/mol. The van der Waals surface area contributed by atoms with Gasteiger partial charge in [-0.1, -0.05) is 24.3 Å². The monoisotopic (exact) mass is 432 g/mol. The third kappa shape index (κ3) is 4.29. The fraction of sp³-hybridized carbons (Fsp3) is 0.286. The Kier molecular flexibility index (Phi) is 6.10. The second kappa shape index (κ2) is 9.12. The van der Waals surface area contributed by atoms with E-state index in [9.17, 15) is 4.79 Å². The zero-order valence-corrected chi connectivity index (χ0v) is 17.8. The van der Waals surface area contributed by atoms with E-state index >= 15 is 0 Å². The Hall–Kier alpha value is -3.83. The molecule has 11 nitrogen and oxygen atoms in total. The molecular weight excluding hydrogens is 408 g/mol. The summed E-state index contributed by atoms with van der Waals surface area (Å²) in [5.74, 6) is -0.672. The number of Topliss-reactive ketones (excluding diaryl/α,β-unsaturated/α-hetero) is 1. The number of hydrogen-bond acceptors (Lipinski definition) is 9. The van der Waals surface area contributed by atoms with Crippen molar-refractivity contribution < 1.29 is 4.79 Å². The van der Waals surface area contributed by atoms with Crippen molar-refractivity contribution in [1.29, 1.82) is 0 Å². The lowest BCUT2D eigenvalue weighted by Crippen LogP contribution is -2.19. The van der Waals surface area contributed by atoms with Gasteiger partial charge in [-0.3, -0.25) is 4.79 Å². The van der Waals surface area contributed by atoms with E-state index in [0.29, 0.717) is 24.7 Å². The first-order chi connectivity index (χ1) is 15.5. The molecule has 2 unspecified atom stereocenters. The van der Waals surface area contributed by atoms with E-state index in [-0.39, 0.29) is 5.78 Å². The van der Waals surface area contributed by atoms with Crippen LogP contribution < -0.4 is 11.5 Å². The molecule has 4 N–H and O–H groups in total. The van der Waals surface area contributed by atoms with Crippen LogP contribution in [-0.2, 0) is 17.9 Å². The van der Waals surface area contributed by atoms with Crippen LogP contribution in [-0.4, -0.2) is 46.2 Å². The topological polar surface area (TPSA) is 156 Å². The van der Waals surface area contributed by atoms with Crippen molar-refractivity contribution >= 4 is 5.78 Å². The van der Waals surface area contributed by atoms with Gasteiger partial charge in [0.2, 0.25) is 0 Å². The summed E-state index contributed by atoms with van der Waals surface area (Å²) >= 11 is 0. The van der Waals surface area contributed by atoms with Crippen LogP contribution in [0.4, 0.5) is 0 Å². The van der Waals surface area contributed by atoms with Crippen LogP contribution in [0.25, 0.3) is 11.4 Å². The molecule has 0 radical (unpaired) electrons. The Balaban J connectivity index is 1.51. The van der Waals surface area contributed by atoms with Gasteiger partial charge in [0, 0.05) is 13.1 Å². The normalized spacial score (nSPS) is 13.1. The Morgan fingerprint density at radius 1 is 0.812 bits per heavy atom. The molecule has 2 aromatic heterocycles. The third-order valence-corrected chi connectivity index (χ3v) is 5.24. The fourth-order valence-electron chi connectivity index (χ4n) is 3.26. The Morgan fingerprint density at radius 2 is 1.25 bits per heavy atom. The number of nitrogens with zero attached hydrogens (tertiary/aromatic N) is 8. The molecule has 164 valence electrons. The van der Waals surface area contributed by atoms with Crippen LogP contribution >= 0.6 is 0 Å². The second-order valence-corrected chi connectivity index (χ2v) is 7.47. The summed E-state index contributed by atoms with van der Waals surface area (Å²) in [4.78, 5) is 15.9. The summed E-state index contributed by atoms with van der Waals surface area (Å²) < 4.78 is 0. The molecule has 0 aliphatic carbocycles. The third-order valence-electron chi connectivity index (χ3n) is 5.24. The molecule has 0 amide bonds. The number of ketones is 1. The van der Waals surface area contributed by atoms with Crippen LogP contribution in [0.3, 0.4) is 0 Å². The van der Waals surface area contributed by atoms with Crippen LogP contribution in [0.15, 0.2) is 48.5 Å². The number of aromatic nitrogens is 8. The van der Waals surface area contributed by atoms with E-state index in [1.54, 1.807) is 13.8 Å². The highest BCUT2D eigenvalue weighted by atomic mass is 16.1. The summed E-state index contributed by atoms with van der Waals surface area (Å²) in [6.07, 6.45) is 0. The molecule has 2 aromatic carbocycles. The van der Waals surface area contributed by atoms with Gasteiger partial charge < -0.3 is 11.5 Å². The van der Waals surface area contributed by atoms with Crippen molar-refractivity contribution in [2.24, 2.45) is 11.5 Å². The first-order valence-electron chi connectivity index (χ1n) is 10.2. The lowest BCUT2D eigenvalue weighted by atomic mass is 9.94. The van der Waals surface area contributed by atoms with Gasteiger partial charge in [0.15, 0.2) is 17.4 Å². The SMILES string of the molecule is CC(C(=O)C(C)c1nnn(-c2cccc(CN)c2)n1)c1nnn(-c2cccc(CN)c2)n1. The van der Waals surface area contributed by atoms with Gasteiger partial charge in [-0.2, -0.15) is 0 Å². The zero-order chi connectivity index (χ0) is 22.7. The maximum Gasteiger partial charge on any atom is 0.185 e. The summed E-state index contributed by atoms with van der Waals surface area (Å²) in [6, 6.07) is 15.0. The van der Waals surface area contributed by atoms with Gasteiger partial charge in [-0.15, -0.1) is 30.0 Å². The van der Waals surface area contributed by atoms with Crippen LogP contribution in [0.1, 0.15) is 48.5 Å². The first kappa shape index (κ1) is 21.4. The van der Waals surface area contributed by atoms with Gasteiger partial charge in [0.05, 0.1) is 23.2 Å². The largest absolute Gasteiger partial charge is 0.326 e. The van der Waals surface area contributed by atoms with E-state index in [0.717, 1.165) is 22.5 Å². The average molecular weight is 432 g/mol. The van der Waals surface area contributed by atoms with E-state index < -0.39 is 11.8 Å². The lowest BCUT2D eigenvalue weighted by Gasteiger charge is -2.10. The van der Waals surface area contributed by atoms with E-state index in [1.807, 2.05) is 48.5 Å². The summed E-state index contributed by atoms with van der Waals surface area (Å²) in [5, 5.41) is 25.1. The molecule has 0 aliphatic heterocycles. The minimum Gasteiger partial charge on any atom is -0.326 e. The molecule has 4 aromatic rings. The number of hydrogen-bond donors (Lipinski definition) is 2. The second-order valence-electron chi connectivity index (χ2n) is 7.47. The molecule has 0 spiro atoms. The molecule has 0 aliphatic rings. The van der Waals surface area contributed by atoms with Gasteiger partial charge in [-0.05, 0) is 59.7 Å². The highest BCUT2D eigenvalue weighted by Gasteiger charge is 2.29. The molecule has 2 atom stereocenters. The molecule has 4 rings (SSSR count). The molecule has 0 saturated heterocycles. The van der Waals surface area contributed by atoms with E-state index in [4.69, 9.17) is 11.5 Å². The van der Waals surface area contributed by atoms with Crippen molar-refractivity contribution in [2.75, 3.05) is 0 Å². The van der Waals surface area contributed by atoms with Crippen molar-refractivity contribution in [3.63, 3.8) is 0 Å². The molecule has 11 heteroatoms. The van der Waals surface area contributed by atoms with Gasteiger partial charge >= 0.3 is 0 Å². The molecule has 0 bridgehead atoms. The molecule has 0 saturated carbocycles. The Bertz CT molecular complexity index is 1140. The minimum atomic E-state index is -0.594. The molecule has 0 fully saturated rings. The van der Waals surface area contributed by atoms with Gasteiger partial charge in [0.25, 0.3) is 0 Å². The Labute approximate surface area is 184 Å². The van der Waals surface area contributed by atoms with Crippen molar-refractivity contribution in [2.45, 2.75) is 38.8 Å². The van der Waals surface area contributed by atoms with E-state index in [1.165, 1.54) is 9.59 Å². The number of carbonyl (C=O) groups is 1. The van der Waals surface area contributed by atoms with Crippen LogP contribution in [0.2, 0.25) is 0 Å². The highest BCUT2D eigenvalue weighted by molar-refractivity contribution is 5.89. The molecule has 32 heavy (non-hydrogen) atoms. The highest BCUT2D eigenvalue weighted by Crippen LogP contribution is 2.22. The molecule has 2 heterocycles. The summed E-state index contributed by atoms with van der Waals surface area (Å²) in [6.45, 7) is 4.30. The zero-order valence-electron chi connectivity index (χ0n) is 17.8. The standard InChI is InChI=1S/C21H24N10O/c1-13(20-24-28-30(26-20)17-7-3-5-15(9-17)11-22)19(32)14(2)21-25-29-31(27-21)18-8-4-6-16(10-18)12-23/h3-10,13-14H,11-12,22-23H2,1-2H3. The fourth-order valence-corrected chi connectivity index (χ4v) is 3.26. The number of benzene rings is 2. The summed E-state index contributed by atoms with van der Waals surface area (Å²) in [5.41, 5.74) is 14.7. The number of rotatable bonds is 8. The smallest absolute Gasteiger partial charge is 0.185 e. The van der Waals surface area contributed by atoms with Crippen molar-refractivity contribution in [3.05, 3.63) is 71.3 Å². The number of nitrogens with two attached hydrogens (primary N) is 2. The maximum atomic E-state index is 13.1. The lowest BCUT2D eigenvalue weighted by molar-refractivity contribution is -0.121. The first-order valence-corrected chi connectivity index (χ1v) is 10.2. The number of tetrazole rings is 2. The van der Waals surface area contributed by atoms with E-state index in [2.05, 4.69) is 30.8 Å². The predicted octanol–water partition coefficient (Wildman–Crippen LogP) is 1.03. The van der Waals surface area contributed by atoms with Crippen molar-refractivity contribution in [1.82, 2.24) is 40.4 Å². The van der Waals surface area contributed by atoms with Gasteiger partial charge in [0.1, 0.15) is 0 Å². The van der Waals surface area contributed by atoms with Crippen LogP contribution in [0, 0.1) is 0 Å². The molecular formula is C21H24N10O. The van der Waals surface area contributed by atoms with Gasteiger partial charge in [-0.25, -0.2) is 0 Å². The minimum absolute atomic E-state index is 0.129.